The minimum Gasteiger partial charge on any atom is -0.307 e. The summed E-state index contributed by atoms with van der Waals surface area (Å²) in [6, 6.07) is 5.77. The van der Waals surface area contributed by atoms with Gasteiger partial charge in [0, 0.05) is 18.1 Å². The summed E-state index contributed by atoms with van der Waals surface area (Å²) in [5.41, 5.74) is 1.01. The Kier molecular flexibility index (Phi) is 3.36. The molecule has 0 aliphatic rings. The number of halogens is 1. The summed E-state index contributed by atoms with van der Waals surface area (Å²) < 4.78 is 1.14. The van der Waals surface area contributed by atoms with Crippen LogP contribution in [0.5, 0.6) is 0 Å². The molecule has 0 bridgehead atoms. The second kappa shape index (κ2) is 4.75. The average molecular weight is 239 g/mol. The number of benzene rings is 1. The van der Waals surface area contributed by atoms with Gasteiger partial charge in [0.15, 0.2) is 0 Å². The summed E-state index contributed by atoms with van der Waals surface area (Å²) in [7, 11) is 0. The Morgan fingerprint density at radius 3 is 3.20 bits per heavy atom. The standard InChI is InChI=1S/C11H11ClN2S/c1-2-5-13-7-11-14-9-4-3-8(12)6-10(9)15-11/h2-4,6,13H,1,5,7H2. The molecular formula is C11H11ClN2S. The highest BCUT2D eigenvalue weighted by Gasteiger charge is 2.03. The first-order valence-corrected chi connectivity index (χ1v) is 5.85. The highest BCUT2D eigenvalue weighted by atomic mass is 35.5. The zero-order valence-electron chi connectivity index (χ0n) is 8.16. The molecule has 0 fully saturated rings. The van der Waals surface area contributed by atoms with Gasteiger partial charge in [-0.3, -0.25) is 0 Å². The molecule has 0 saturated heterocycles. The van der Waals surface area contributed by atoms with E-state index in [0.29, 0.717) is 0 Å². The van der Waals surface area contributed by atoms with Crippen molar-refractivity contribution in [2.75, 3.05) is 6.54 Å². The molecule has 1 aromatic heterocycles. The van der Waals surface area contributed by atoms with Crippen molar-refractivity contribution >= 4 is 33.2 Å². The lowest BCUT2D eigenvalue weighted by Gasteiger charge is -1.94. The number of nitrogens with one attached hydrogen (secondary N) is 1. The Labute approximate surface area is 97.6 Å². The van der Waals surface area contributed by atoms with Gasteiger partial charge in [-0.25, -0.2) is 4.98 Å². The van der Waals surface area contributed by atoms with Crippen LogP contribution in [0.1, 0.15) is 5.01 Å². The van der Waals surface area contributed by atoms with Gasteiger partial charge in [-0.05, 0) is 18.2 Å². The molecule has 2 aromatic rings. The first-order chi connectivity index (χ1) is 7.29. The van der Waals surface area contributed by atoms with Crippen LogP contribution < -0.4 is 5.32 Å². The van der Waals surface area contributed by atoms with Crippen LogP contribution in [0.4, 0.5) is 0 Å². The summed E-state index contributed by atoms with van der Waals surface area (Å²) in [4.78, 5) is 4.49. The predicted molar refractivity (Wildman–Crippen MR) is 66.5 cm³/mol. The van der Waals surface area contributed by atoms with Crippen molar-refractivity contribution in [2.45, 2.75) is 6.54 Å². The molecule has 1 N–H and O–H groups in total. The fourth-order valence-electron chi connectivity index (χ4n) is 1.30. The van der Waals surface area contributed by atoms with E-state index in [1.807, 2.05) is 24.3 Å². The maximum atomic E-state index is 5.90. The van der Waals surface area contributed by atoms with E-state index in [4.69, 9.17) is 11.6 Å². The van der Waals surface area contributed by atoms with Gasteiger partial charge in [0.05, 0.1) is 10.2 Å². The molecule has 2 nitrogen and oxygen atoms in total. The van der Waals surface area contributed by atoms with Crippen LogP contribution in [0.15, 0.2) is 30.9 Å². The second-order valence-electron chi connectivity index (χ2n) is 3.14. The second-order valence-corrected chi connectivity index (χ2v) is 4.69. The molecule has 15 heavy (non-hydrogen) atoms. The topological polar surface area (TPSA) is 24.9 Å². The number of thiazole rings is 1. The van der Waals surface area contributed by atoms with E-state index in [2.05, 4.69) is 16.9 Å². The highest BCUT2D eigenvalue weighted by Crippen LogP contribution is 2.24. The number of aromatic nitrogens is 1. The summed E-state index contributed by atoms with van der Waals surface area (Å²) in [5, 5.41) is 5.06. The summed E-state index contributed by atoms with van der Waals surface area (Å²) in [6.45, 7) is 5.23. The third-order valence-electron chi connectivity index (χ3n) is 1.96. The van der Waals surface area contributed by atoms with E-state index in [1.165, 1.54) is 0 Å². The van der Waals surface area contributed by atoms with Crippen molar-refractivity contribution in [3.63, 3.8) is 0 Å². The molecule has 0 aliphatic carbocycles. The Bertz CT molecular complexity index is 478. The Morgan fingerprint density at radius 2 is 2.40 bits per heavy atom. The number of fused-ring (bicyclic) bond motifs is 1. The lowest BCUT2D eigenvalue weighted by molar-refractivity contribution is 0.757. The molecule has 0 radical (unpaired) electrons. The smallest absolute Gasteiger partial charge is 0.108 e. The average Bonchev–Trinajstić information content (AvgIpc) is 2.60. The molecule has 1 aromatic carbocycles. The monoisotopic (exact) mass is 238 g/mol. The summed E-state index contributed by atoms with van der Waals surface area (Å²) in [5.74, 6) is 0. The summed E-state index contributed by atoms with van der Waals surface area (Å²) >= 11 is 7.57. The van der Waals surface area contributed by atoms with Crippen molar-refractivity contribution in [3.8, 4) is 0 Å². The SMILES string of the molecule is C=CCNCc1nc2ccc(Cl)cc2s1. The Balaban J connectivity index is 2.19. The quantitative estimate of drug-likeness (QED) is 0.654. The fraction of sp³-hybridized carbons (Fsp3) is 0.182. The summed E-state index contributed by atoms with van der Waals surface area (Å²) in [6.07, 6.45) is 1.84. The third kappa shape index (κ3) is 2.56. The molecule has 0 atom stereocenters. The van der Waals surface area contributed by atoms with Crippen LogP contribution in [-0.2, 0) is 6.54 Å². The maximum absolute atomic E-state index is 5.90. The Hall–Kier alpha value is -0.900. The first-order valence-electron chi connectivity index (χ1n) is 4.66. The van der Waals surface area contributed by atoms with Gasteiger partial charge in [-0.15, -0.1) is 17.9 Å². The number of nitrogens with zero attached hydrogens (tertiary/aromatic N) is 1. The molecule has 0 saturated carbocycles. The Morgan fingerprint density at radius 1 is 1.53 bits per heavy atom. The molecular weight excluding hydrogens is 228 g/mol. The first kappa shape index (κ1) is 10.6. The van der Waals surface area contributed by atoms with E-state index in [-0.39, 0.29) is 0 Å². The van der Waals surface area contributed by atoms with Crippen LogP contribution in [0.25, 0.3) is 10.2 Å². The lowest BCUT2D eigenvalue weighted by Crippen LogP contribution is -2.11. The van der Waals surface area contributed by atoms with E-state index in [9.17, 15) is 0 Å². The van der Waals surface area contributed by atoms with Gasteiger partial charge < -0.3 is 5.32 Å². The van der Waals surface area contributed by atoms with Crippen LogP contribution in [-0.4, -0.2) is 11.5 Å². The largest absolute Gasteiger partial charge is 0.307 e. The van der Waals surface area contributed by atoms with Crippen molar-refractivity contribution in [1.82, 2.24) is 10.3 Å². The van der Waals surface area contributed by atoms with E-state index in [0.717, 1.165) is 33.3 Å². The maximum Gasteiger partial charge on any atom is 0.108 e. The van der Waals surface area contributed by atoms with Gasteiger partial charge in [0.2, 0.25) is 0 Å². The number of rotatable bonds is 4. The van der Waals surface area contributed by atoms with Gasteiger partial charge in [0.1, 0.15) is 5.01 Å². The number of hydrogen-bond acceptors (Lipinski definition) is 3. The zero-order chi connectivity index (χ0) is 10.7. The van der Waals surface area contributed by atoms with Crippen molar-refractivity contribution in [2.24, 2.45) is 0 Å². The number of hydrogen-bond donors (Lipinski definition) is 1. The van der Waals surface area contributed by atoms with Crippen LogP contribution in [0.3, 0.4) is 0 Å². The van der Waals surface area contributed by atoms with Crippen LogP contribution in [0, 0.1) is 0 Å². The third-order valence-corrected chi connectivity index (χ3v) is 3.21. The van der Waals surface area contributed by atoms with Crippen molar-refractivity contribution < 1.29 is 0 Å². The molecule has 4 heteroatoms. The molecule has 0 aliphatic heterocycles. The van der Waals surface area contributed by atoms with Crippen molar-refractivity contribution in [1.29, 1.82) is 0 Å². The highest BCUT2D eigenvalue weighted by molar-refractivity contribution is 7.18. The van der Waals surface area contributed by atoms with Gasteiger partial charge in [-0.2, -0.15) is 0 Å². The van der Waals surface area contributed by atoms with Gasteiger partial charge in [0.25, 0.3) is 0 Å². The minimum atomic E-state index is 0.761. The van der Waals surface area contributed by atoms with Gasteiger partial charge >= 0.3 is 0 Å². The lowest BCUT2D eigenvalue weighted by atomic mass is 10.3. The molecule has 1 heterocycles. The predicted octanol–water partition coefficient (Wildman–Crippen LogP) is 3.23. The van der Waals surface area contributed by atoms with Crippen LogP contribution in [0.2, 0.25) is 5.02 Å². The molecule has 0 amide bonds. The zero-order valence-corrected chi connectivity index (χ0v) is 9.74. The van der Waals surface area contributed by atoms with E-state index < -0.39 is 0 Å². The molecule has 2 rings (SSSR count). The molecule has 0 unspecified atom stereocenters. The molecule has 0 spiro atoms. The fourth-order valence-corrected chi connectivity index (χ4v) is 2.52. The van der Waals surface area contributed by atoms with Crippen molar-refractivity contribution in [3.05, 3.63) is 40.9 Å². The van der Waals surface area contributed by atoms with Crippen LogP contribution >= 0.6 is 22.9 Å². The van der Waals surface area contributed by atoms with E-state index >= 15 is 0 Å². The normalized spacial score (nSPS) is 10.7. The van der Waals surface area contributed by atoms with Gasteiger partial charge in [-0.1, -0.05) is 17.7 Å². The minimum absolute atomic E-state index is 0.761. The molecule has 78 valence electrons. The van der Waals surface area contributed by atoms with E-state index in [1.54, 1.807) is 11.3 Å².